The Kier molecular flexibility index (Phi) is 17.5. The van der Waals surface area contributed by atoms with E-state index in [1.54, 1.807) is 0 Å². The highest BCUT2D eigenvalue weighted by Crippen LogP contribution is 2.47. The highest BCUT2D eigenvalue weighted by Gasteiger charge is 2.46. The molecule has 1 fully saturated rings. The van der Waals surface area contributed by atoms with E-state index in [1.807, 2.05) is 0 Å². The summed E-state index contributed by atoms with van der Waals surface area (Å²) < 4.78 is 32.8. The van der Waals surface area contributed by atoms with Gasteiger partial charge in [0.05, 0.1) is 18.8 Å². The minimum Gasteiger partial charge on any atom is -0.462 e. The molecule has 1 rings (SSSR count). The lowest BCUT2D eigenvalue weighted by molar-refractivity contribution is -0.174. The number of aliphatic hydroxyl groups is 4. The highest BCUT2D eigenvalue weighted by atomic mass is 31.2. The number of phosphoric ester groups is 1. The molecule has 0 amide bonds. The molecule has 0 heterocycles. The summed E-state index contributed by atoms with van der Waals surface area (Å²) in [6, 6.07) is 0. The second kappa shape index (κ2) is 19.0. The molecule has 1 aliphatic rings. The van der Waals surface area contributed by atoms with Crippen LogP contribution in [0.4, 0.5) is 0 Å². The summed E-state index contributed by atoms with van der Waals surface area (Å²) >= 11 is 0. The van der Waals surface area contributed by atoms with Crippen molar-refractivity contribution >= 4 is 19.8 Å². The fourth-order valence-electron chi connectivity index (χ4n) is 4.03. The molecule has 38 heavy (non-hydrogen) atoms. The maximum absolute atomic E-state index is 12.5. The van der Waals surface area contributed by atoms with Crippen molar-refractivity contribution < 1.29 is 58.0 Å². The third-order valence-electron chi connectivity index (χ3n) is 6.32. The summed E-state index contributed by atoms with van der Waals surface area (Å²) in [6.07, 6.45) is -0.226. The second-order valence-corrected chi connectivity index (χ2v) is 11.2. The van der Waals surface area contributed by atoms with E-state index in [-0.39, 0.29) is 12.8 Å². The Morgan fingerprint density at radius 1 is 0.789 bits per heavy atom. The van der Waals surface area contributed by atoms with Crippen LogP contribution in [0.25, 0.3) is 0 Å². The number of esters is 2. The van der Waals surface area contributed by atoms with E-state index in [1.165, 1.54) is 0 Å². The van der Waals surface area contributed by atoms with Crippen LogP contribution in [0, 0.1) is 0 Å². The number of hydrogen-bond donors (Lipinski definition) is 5. The molecular weight excluding hydrogens is 523 g/mol. The number of rotatable bonds is 20. The normalized spacial score (nSPS) is 25.9. The van der Waals surface area contributed by atoms with Crippen molar-refractivity contribution in [3.8, 4) is 0 Å². The first-order valence-electron chi connectivity index (χ1n) is 13.7. The van der Waals surface area contributed by atoms with Crippen LogP contribution in [0.2, 0.25) is 0 Å². The van der Waals surface area contributed by atoms with E-state index in [9.17, 15) is 39.5 Å². The molecule has 0 aromatic heterocycles. The summed E-state index contributed by atoms with van der Waals surface area (Å²) in [5.74, 6) is -1.07. The Morgan fingerprint density at radius 2 is 1.34 bits per heavy atom. The maximum atomic E-state index is 12.5. The van der Waals surface area contributed by atoms with Gasteiger partial charge in [0.1, 0.15) is 24.9 Å². The van der Waals surface area contributed by atoms with E-state index < -0.39 is 76.0 Å². The van der Waals surface area contributed by atoms with Crippen molar-refractivity contribution in [2.24, 2.45) is 0 Å². The number of ether oxygens (including phenoxy) is 2. The molecule has 12 nitrogen and oxygen atoms in total. The fourth-order valence-corrected chi connectivity index (χ4v) is 5.02. The van der Waals surface area contributed by atoms with Gasteiger partial charge in [-0.05, 0) is 12.8 Å². The molecule has 0 aromatic carbocycles. The third-order valence-corrected chi connectivity index (χ3v) is 7.30. The van der Waals surface area contributed by atoms with Gasteiger partial charge in [-0.15, -0.1) is 0 Å². The summed E-state index contributed by atoms with van der Waals surface area (Å²) in [5, 5.41) is 39.4. The smallest absolute Gasteiger partial charge is 0.462 e. The lowest BCUT2D eigenvalue weighted by Crippen LogP contribution is -2.56. The molecule has 224 valence electrons. The topological polar surface area (TPSA) is 189 Å². The van der Waals surface area contributed by atoms with Crippen molar-refractivity contribution in [1.29, 1.82) is 0 Å². The minimum atomic E-state index is -4.93. The van der Waals surface area contributed by atoms with Crippen molar-refractivity contribution in [1.82, 2.24) is 0 Å². The summed E-state index contributed by atoms with van der Waals surface area (Å²) in [6.45, 7) is 3.11. The van der Waals surface area contributed by atoms with E-state index in [4.69, 9.17) is 18.5 Å². The van der Waals surface area contributed by atoms with Crippen LogP contribution in [0.5, 0.6) is 0 Å². The van der Waals surface area contributed by atoms with Gasteiger partial charge in [-0.1, -0.05) is 65.2 Å². The zero-order valence-electron chi connectivity index (χ0n) is 22.6. The van der Waals surface area contributed by atoms with Crippen molar-refractivity contribution in [3.05, 3.63) is 0 Å². The van der Waals surface area contributed by atoms with E-state index in [0.29, 0.717) is 12.8 Å². The average Bonchev–Trinajstić information content (AvgIpc) is 2.86. The van der Waals surface area contributed by atoms with Crippen LogP contribution in [0.1, 0.15) is 97.3 Å². The van der Waals surface area contributed by atoms with Gasteiger partial charge in [0.15, 0.2) is 6.10 Å². The number of aliphatic hydroxyl groups excluding tert-OH is 4. The molecule has 13 heteroatoms. The largest absolute Gasteiger partial charge is 0.472 e. The molecule has 0 radical (unpaired) electrons. The third kappa shape index (κ3) is 14.3. The van der Waals surface area contributed by atoms with Gasteiger partial charge in [0, 0.05) is 19.3 Å². The van der Waals surface area contributed by atoms with E-state index in [2.05, 4.69) is 13.8 Å². The van der Waals surface area contributed by atoms with Crippen LogP contribution in [-0.2, 0) is 32.7 Å². The average molecular weight is 571 g/mol. The fraction of sp³-hybridized carbons (Fsp3) is 0.920. The SMILES string of the molecule is CCCCCCCC(=O)OC[C@@H](COP(=O)(O)O[C@@H]1[C@@H](O)[C@H](O)[C@@H](O)C[C@@H]1O)OC(=O)CCCCCCC. The Morgan fingerprint density at radius 3 is 1.92 bits per heavy atom. The van der Waals surface area contributed by atoms with Crippen LogP contribution < -0.4 is 0 Å². The zero-order valence-corrected chi connectivity index (χ0v) is 23.5. The van der Waals surface area contributed by atoms with Crippen molar-refractivity contribution in [3.63, 3.8) is 0 Å². The van der Waals surface area contributed by atoms with Gasteiger partial charge in [-0.3, -0.25) is 18.6 Å². The molecule has 1 saturated carbocycles. The molecular formula is C25H47O12P. The Labute approximate surface area is 225 Å². The molecule has 0 bridgehead atoms. The second-order valence-electron chi connectivity index (χ2n) is 9.81. The summed E-state index contributed by atoms with van der Waals surface area (Å²) in [4.78, 5) is 34.5. The van der Waals surface area contributed by atoms with Gasteiger partial charge in [0.2, 0.25) is 0 Å². The Balaban J connectivity index is 2.65. The zero-order chi connectivity index (χ0) is 28.6. The molecule has 5 N–H and O–H groups in total. The van der Waals surface area contributed by atoms with E-state index in [0.717, 1.165) is 51.4 Å². The molecule has 1 unspecified atom stereocenters. The number of carbonyl (C=O) groups excluding carboxylic acids is 2. The minimum absolute atomic E-state index is 0.125. The van der Waals surface area contributed by atoms with Crippen LogP contribution in [0.3, 0.4) is 0 Å². The molecule has 0 aromatic rings. The van der Waals surface area contributed by atoms with Gasteiger partial charge in [-0.25, -0.2) is 4.57 Å². The molecule has 0 saturated heterocycles. The van der Waals surface area contributed by atoms with Gasteiger partial charge < -0.3 is 34.8 Å². The molecule has 0 spiro atoms. The summed E-state index contributed by atoms with van der Waals surface area (Å²) in [5.41, 5.74) is 0. The van der Waals surface area contributed by atoms with E-state index >= 15 is 0 Å². The van der Waals surface area contributed by atoms with Crippen molar-refractivity contribution in [2.45, 2.75) is 134 Å². The quantitative estimate of drug-likeness (QED) is 0.0818. The molecule has 0 aliphatic heterocycles. The predicted octanol–water partition coefficient (Wildman–Crippen LogP) is 2.51. The van der Waals surface area contributed by atoms with Crippen LogP contribution >= 0.6 is 7.82 Å². The predicted molar refractivity (Wildman–Crippen MR) is 137 cm³/mol. The maximum Gasteiger partial charge on any atom is 0.472 e. The van der Waals surface area contributed by atoms with Gasteiger partial charge in [-0.2, -0.15) is 0 Å². The number of carbonyl (C=O) groups is 2. The van der Waals surface area contributed by atoms with Crippen molar-refractivity contribution in [2.75, 3.05) is 13.2 Å². The number of unbranched alkanes of at least 4 members (excludes halogenated alkanes) is 8. The van der Waals surface area contributed by atoms with Crippen LogP contribution in [0.15, 0.2) is 0 Å². The molecule has 1 aliphatic carbocycles. The van der Waals surface area contributed by atoms with Gasteiger partial charge >= 0.3 is 19.8 Å². The Hall–Kier alpha value is -1.11. The lowest BCUT2D eigenvalue weighted by atomic mass is 9.87. The Bertz CT molecular complexity index is 720. The number of phosphoric acid groups is 1. The number of hydrogen-bond acceptors (Lipinski definition) is 11. The first-order chi connectivity index (χ1) is 18.0. The van der Waals surface area contributed by atoms with Crippen LogP contribution in [-0.4, -0.2) is 87.1 Å². The monoisotopic (exact) mass is 570 g/mol. The molecule has 7 atom stereocenters. The first kappa shape index (κ1) is 34.9. The van der Waals surface area contributed by atoms with Gasteiger partial charge in [0.25, 0.3) is 0 Å². The first-order valence-corrected chi connectivity index (χ1v) is 15.2. The standard InChI is InChI=1S/C25H47O12P/c1-3-5-7-9-11-13-21(28)34-16-18(36-22(29)14-12-10-8-6-4-2)17-35-38(32,33)37-25-20(27)15-19(26)23(30)24(25)31/h18-20,23-27,30-31H,3-17H2,1-2H3,(H,32,33)/t18-,19-,20-,23+,24-,25-/m0/s1. The summed E-state index contributed by atoms with van der Waals surface area (Å²) in [7, 11) is -4.93. The highest BCUT2D eigenvalue weighted by molar-refractivity contribution is 7.47. The lowest BCUT2D eigenvalue weighted by Gasteiger charge is -2.38.